The predicted octanol–water partition coefficient (Wildman–Crippen LogP) is 0.958. The van der Waals surface area contributed by atoms with Gasteiger partial charge in [0.25, 0.3) is 0 Å². The van der Waals surface area contributed by atoms with Crippen molar-refractivity contribution in [1.29, 1.82) is 0 Å². The Morgan fingerprint density at radius 1 is 1.62 bits per heavy atom. The normalized spacial score (nSPS) is 37.5. The Bertz CT molecular complexity index is 97.1. The van der Waals surface area contributed by atoms with Crippen LogP contribution in [0.25, 0.3) is 0 Å². The van der Waals surface area contributed by atoms with Crippen molar-refractivity contribution in [3.05, 3.63) is 0 Å². The van der Waals surface area contributed by atoms with Gasteiger partial charge in [0.05, 0.1) is 6.42 Å². The Morgan fingerprint density at radius 2 is 2.25 bits per heavy atom. The molecule has 0 aromatic carbocycles. The summed E-state index contributed by atoms with van der Waals surface area (Å²) in [4.78, 5) is 10.4. The van der Waals surface area contributed by atoms with Crippen LogP contribution >= 0.6 is 0 Å². The van der Waals surface area contributed by atoms with E-state index in [1.807, 2.05) is 13.8 Å². The van der Waals surface area contributed by atoms with Gasteiger partial charge >= 0.3 is 5.97 Å². The second-order valence-electron chi connectivity index (χ2n) is 2.38. The monoisotopic (exact) mass is 114 g/mol. The summed E-state index contributed by atoms with van der Waals surface area (Å²) in [5.41, 5.74) is 0. The smallest absolute Gasteiger partial charge is 0.306 e. The summed E-state index contributed by atoms with van der Waals surface area (Å²) in [5.74, 6) is 0.368. The zero-order valence-corrected chi connectivity index (χ0v) is 5.18. The van der Waals surface area contributed by atoms with Crippen molar-refractivity contribution in [3.63, 3.8) is 0 Å². The minimum Gasteiger partial charge on any atom is -0.462 e. The number of esters is 1. The fraction of sp³-hybridized carbons (Fsp3) is 0.833. The Morgan fingerprint density at radius 3 is 2.38 bits per heavy atom. The molecule has 0 spiro atoms. The molecule has 0 aliphatic carbocycles. The first-order chi connectivity index (χ1) is 3.70. The van der Waals surface area contributed by atoms with Crippen molar-refractivity contribution in [2.24, 2.45) is 5.92 Å². The highest BCUT2D eigenvalue weighted by Crippen LogP contribution is 2.19. The summed E-state index contributed by atoms with van der Waals surface area (Å²) in [6, 6.07) is 0. The molecule has 8 heavy (non-hydrogen) atoms. The molecular formula is C6H10O2. The molecule has 2 nitrogen and oxygen atoms in total. The maximum Gasteiger partial charge on any atom is 0.306 e. The first-order valence-electron chi connectivity index (χ1n) is 2.89. The molecule has 1 heterocycles. The van der Waals surface area contributed by atoms with Gasteiger partial charge in [0.15, 0.2) is 0 Å². The maximum atomic E-state index is 10.4. The quantitative estimate of drug-likeness (QED) is 0.438. The van der Waals surface area contributed by atoms with E-state index in [4.69, 9.17) is 4.74 Å². The summed E-state index contributed by atoms with van der Waals surface area (Å²) in [5, 5.41) is 0. The largest absolute Gasteiger partial charge is 0.462 e. The molecule has 0 bridgehead atoms. The van der Waals surface area contributed by atoms with Gasteiger partial charge in [0, 0.05) is 5.92 Å². The third kappa shape index (κ3) is 0.831. The molecule has 2 heteroatoms. The van der Waals surface area contributed by atoms with E-state index in [1.54, 1.807) is 0 Å². The summed E-state index contributed by atoms with van der Waals surface area (Å²) in [6.07, 6.45) is 0.740. The molecule has 0 radical (unpaired) electrons. The van der Waals surface area contributed by atoms with Gasteiger partial charge in [-0.05, 0) is 6.92 Å². The highest BCUT2D eigenvalue weighted by atomic mass is 16.5. The molecule has 1 aliphatic heterocycles. The summed E-state index contributed by atoms with van der Waals surface area (Å²) in [7, 11) is 0. The van der Waals surface area contributed by atoms with Crippen molar-refractivity contribution < 1.29 is 9.53 Å². The summed E-state index contributed by atoms with van der Waals surface area (Å²) < 4.78 is 4.83. The van der Waals surface area contributed by atoms with Gasteiger partial charge in [-0.2, -0.15) is 0 Å². The number of carbonyl (C=O) groups is 1. The van der Waals surface area contributed by atoms with Crippen molar-refractivity contribution >= 4 is 5.97 Å². The van der Waals surface area contributed by atoms with E-state index < -0.39 is 0 Å². The lowest BCUT2D eigenvalue weighted by molar-refractivity contribution is -0.140. The van der Waals surface area contributed by atoms with Gasteiger partial charge in [0.2, 0.25) is 0 Å². The van der Waals surface area contributed by atoms with Crippen LogP contribution in [0.5, 0.6) is 0 Å². The van der Waals surface area contributed by atoms with Crippen LogP contribution in [-0.2, 0) is 9.53 Å². The molecule has 0 amide bonds. The van der Waals surface area contributed by atoms with E-state index in [2.05, 4.69) is 0 Å². The van der Waals surface area contributed by atoms with E-state index >= 15 is 0 Å². The van der Waals surface area contributed by atoms with Crippen molar-refractivity contribution in [1.82, 2.24) is 0 Å². The van der Waals surface area contributed by atoms with Gasteiger partial charge < -0.3 is 4.74 Å². The average molecular weight is 114 g/mol. The third-order valence-corrected chi connectivity index (χ3v) is 1.61. The lowest BCUT2D eigenvalue weighted by atomic mass is 10.1. The van der Waals surface area contributed by atoms with Gasteiger partial charge in [-0.15, -0.1) is 0 Å². The second kappa shape index (κ2) is 1.77. The number of cyclic esters (lactones) is 1. The molecule has 0 aromatic heterocycles. The molecule has 0 saturated carbocycles. The van der Waals surface area contributed by atoms with Crippen molar-refractivity contribution in [2.75, 3.05) is 0 Å². The molecule has 0 N–H and O–H groups in total. The van der Waals surface area contributed by atoms with Gasteiger partial charge in [-0.25, -0.2) is 0 Å². The standard InChI is InChI=1S/C6H10O2/c1-4-3-6(7)8-5(4)2/h4-5H,3H2,1-2H3/t4-,5+/m0/s1. The minimum absolute atomic E-state index is 0.0509. The number of ether oxygens (including phenoxy) is 1. The lowest BCUT2D eigenvalue weighted by Crippen LogP contribution is -2.06. The summed E-state index contributed by atoms with van der Waals surface area (Å²) in [6.45, 7) is 3.95. The Labute approximate surface area is 48.8 Å². The van der Waals surface area contributed by atoms with Crippen molar-refractivity contribution in [2.45, 2.75) is 26.4 Å². The first-order valence-corrected chi connectivity index (χ1v) is 2.89. The van der Waals surface area contributed by atoms with Crippen LogP contribution in [0.3, 0.4) is 0 Å². The number of carbonyl (C=O) groups excluding carboxylic acids is 1. The van der Waals surface area contributed by atoms with Gasteiger partial charge in [-0.3, -0.25) is 4.79 Å². The van der Waals surface area contributed by atoms with E-state index in [9.17, 15) is 4.79 Å². The van der Waals surface area contributed by atoms with Gasteiger partial charge in [0.1, 0.15) is 6.10 Å². The van der Waals surface area contributed by atoms with Gasteiger partial charge in [-0.1, -0.05) is 6.92 Å². The van der Waals surface area contributed by atoms with E-state index in [0.29, 0.717) is 12.3 Å². The highest BCUT2D eigenvalue weighted by molar-refractivity contribution is 5.71. The molecule has 1 saturated heterocycles. The number of hydrogen-bond acceptors (Lipinski definition) is 2. The van der Waals surface area contributed by atoms with Crippen LogP contribution < -0.4 is 0 Å². The first kappa shape index (κ1) is 5.60. The predicted molar refractivity (Wildman–Crippen MR) is 29.3 cm³/mol. The Balaban J connectivity index is 2.51. The van der Waals surface area contributed by atoms with Crippen molar-refractivity contribution in [3.8, 4) is 0 Å². The molecule has 1 aliphatic rings. The number of hydrogen-bond donors (Lipinski definition) is 0. The molecule has 2 atom stereocenters. The third-order valence-electron chi connectivity index (χ3n) is 1.61. The highest BCUT2D eigenvalue weighted by Gasteiger charge is 2.26. The molecule has 46 valence electrons. The fourth-order valence-electron chi connectivity index (χ4n) is 0.800. The molecule has 0 aromatic rings. The van der Waals surface area contributed by atoms with E-state index in [0.717, 1.165) is 0 Å². The fourth-order valence-corrected chi connectivity index (χ4v) is 0.800. The van der Waals surface area contributed by atoms with E-state index in [-0.39, 0.29) is 12.1 Å². The molecule has 1 fully saturated rings. The minimum atomic E-state index is -0.0509. The Kier molecular flexibility index (Phi) is 1.24. The Hall–Kier alpha value is -0.530. The van der Waals surface area contributed by atoms with Crippen LogP contribution in [0, 0.1) is 5.92 Å². The molecular weight excluding hydrogens is 104 g/mol. The average Bonchev–Trinajstić information content (AvgIpc) is 1.85. The van der Waals surface area contributed by atoms with Crippen LogP contribution in [0.4, 0.5) is 0 Å². The van der Waals surface area contributed by atoms with Crippen LogP contribution in [-0.4, -0.2) is 12.1 Å². The molecule has 0 unspecified atom stereocenters. The zero-order valence-electron chi connectivity index (χ0n) is 5.18. The lowest BCUT2D eigenvalue weighted by Gasteiger charge is -2.03. The SMILES string of the molecule is C[C@H]1CC(=O)O[C@@H]1C. The second-order valence-corrected chi connectivity index (χ2v) is 2.38. The summed E-state index contributed by atoms with van der Waals surface area (Å²) >= 11 is 0. The molecule has 1 rings (SSSR count). The van der Waals surface area contributed by atoms with Crippen LogP contribution in [0.2, 0.25) is 0 Å². The van der Waals surface area contributed by atoms with E-state index in [1.165, 1.54) is 0 Å². The van der Waals surface area contributed by atoms with Crippen LogP contribution in [0.15, 0.2) is 0 Å². The van der Waals surface area contributed by atoms with Crippen LogP contribution in [0.1, 0.15) is 20.3 Å². The maximum absolute atomic E-state index is 10.4. The zero-order chi connectivity index (χ0) is 6.15. The number of rotatable bonds is 0. The topological polar surface area (TPSA) is 26.3 Å².